The second-order valence-electron chi connectivity index (χ2n) is 0.289. The Hall–Kier alpha value is -0.0900. The summed E-state index contributed by atoms with van der Waals surface area (Å²) >= 11 is 0. The lowest BCUT2D eigenvalue weighted by Crippen LogP contribution is -1.10. The minimum Gasteiger partial charge on any atom is -0.197 e. The highest BCUT2D eigenvalue weighted by Crippen LogP contribution is 1.21. The molecule has 0 atom stereocenters. The Morgan fingerprint density at radius 3 is 1.75 bits per heavy atom. The molecule has 0 spiro atoms. The van der Waals surface area contributed by atoms with Crippen molar-refractivity contribution in [1.82, 2.24) is 0 Å². The summed E-state index contributed by atoms with van der Waals surface area (Å²) in [5, 5.41) is 0. The molecule has 0 radical (unpaired) electrons. The summed E-state index contributed by atoms with van der Waals surface area (Å²) in [6, 6.07) is 0. The zero-order chi connectivity index (χ0) is 2.71. The summed E-state index contributed by atoms with van der Waals surface area (Å²) in [5.74, 6) is 2.25. The monoisotopic (exact) mass is 74.0 g/mol. The lowest BCUT2D eigenvalue weighted by Gasteiger charge is -1.23. The predicted octanol–water partition coefficient (Wildman–Crippen LogP) is 0.752. The highest BCUT2D eigenvalue weighted by atomic mass is 32.1. The van der Waals surface area contributed by atoms with Gasteiger partial charge in [0.2, 0.25) is 0 Å². The van der Waals surface area contributed by atoms with Crippen LogP contribution in [0.5, 0.6) is 0 Å². The molecule has 0 aromatic heterocycles. The molecule has 0 saturated heterocycles. The van der Waals surface area contributed by atoms with Crippen molar-refractivity contribution in [3.8, 4) is 12.3 Å². The van der Waals surface area contributed by atoms with Crippen LogP contribution in [0.25, 0.3) is 0 Å². The van der Waals surface area contributed by atoms with E-state index in [-0.39, 0.29) is 13.5 Å². The van der Waals surface area contributed by atoms with Gasteiger partial charge in [0, 0.05) is 0 Å². The van der Waals surface area contributed by atoms with E-state index in [1.165, 1.54) is 0 Å². The SMILES string of the molecule is C#CC.S. The molecule has 0 unspecified atom stereocenters. The molecule has 1 heteroatoms. The van der Waals surface area contributed by atoms with Gasteiger partial charge in [-0.25, -0.2) is 0 Å². The highest BCUT2D eigenvalue weighted by Gasteiger charge is 1.09. The van der Waals surface area contributed by atoms with E-state index in [0.29, 0.717) is 0 Å². The van der Waals surface area contributed by atoms with E-state index in [1.54, 1.807) is 6.92 Å². The van der Waals surface area contributed by atoms with Crippen LogP contribution in [-0.4, -0.2) is 0 Å². The minimum atomic E-state index is 0. The first-order valence-corrected chi connectivity index (χ1v) is 0.789. The normalized spacial score (nSPS) is 2.00. The summed E-state index contributed by atoms with van der Waals surface area (Å²) in [5.41, 5.74) is 0. The zero-order valence-electron chi connectivity index (χ0n) is 2.58. The van der Waals surface area contributed by atoms with Crippen LogP contribution in [0.15, 0.2) is 0 Å². The van der Waals surface area contributed by atoms with Crippen molar-refractivity contribution < 1.29 is 0 Å². The van der Waals surface area contributed by atoms with Crippen LogP contribution in [0.4, 0.5) is 0 Å². The minimum absolute atomic E-state index is 0. The second-order valence-corrected chi connectivity index (χ2v) is 0.289. The molecule has 24 valence electrons. The van der Waals surface area contributed by atoms with E-state index in [4.69, 9.17) is 0 Å². The van der Waals surface area contributed by atoms with E-state index in [9.17, 15) is 0 Å². The Labute approximate surface area is 33.7 Å². The molecule has 0 aromatic carbocycles. The summed E-state index contributed by atoms with van der Waals surface area (Å²) in [4.78, 5) is 0. The third-order valence-corrected chi connectivity index (χ3v) is 0. The van der Waals surface area contributed by atoms with Gasteiger partial charge in [-0.3, -0.25) is 0 Å². The third kappa shape index (κ3) is 195. The van der Waals surface area contributed by atoms with Crippen molar-refractivity contribution in [3.63, 3.8) is 0 Å². The van der Waals surface area contributed by atoms with E-state index in [0.717, 1.165) is 0 Å². The summed E-state index contributed by atoms with van der Waals surface area (Å²) in [6.45, 7) is 1.65. The van der Waals surface area contributed by atoms with Crippen molar-refractivity contribution in [2.24, 2.45) is 0 Å². The molecule has 0 rings (SSSR count). The lowest BCUT2D eigenvalue weighted by atomic mass is 10.9. The topological polar surface area (TPSA) is 0 Å². The van der Waals surface area contributed by atoms with Crippen LogP contribution in [0.2, 0.25) is 0 Å². The van der Waals surface area contributed by atoms with E-state index in [2.05, 4.69) is 12.3 Å². The molecule has 0 nitrogen and oxygen atoms in total. The smallest absolute Gasteiger partial charge is 0.00297 e. The number of rotatable bonds is 0. The largest absolute Gasteiger partial charge is 0.197 e. The van der Waals surface area contributed by atoms with Gasteiger partial charge < -0.3 is 0 Å². The van der Waals surface area contributed by atoms with Crippen LogP contribution in [0.3, 0.4) is 0 Å². The van der Waals surface area contributed by atoms with Gasteiger partial charge in [0.1, 0.15) is 0 Å². The van der Waals surface area contributed by atoms with Gasteiger partial charge in [-0.05, 0) is 6.92 Å². The van der Waals surface area contributed by atoms with Crippen LogP contribution in [0, 0.1) is 12.3 Å². The van der Waals surface area contributed by atoms with Gasteiger partial charge in [0.15, 0.2) is 0 Å². The predicted molar refractivity (Wildman–Crippen MR) is 24.9 cm³/mol. The molecule has 0 heterocycles. The van der Waals surface area contributed by atoms with Crippen LogP contribution >= 0.6 is 13.5 Å². The Morgan fingerprint density at radius 1 is 1.75 bits per heavy atom. The maximum Gasteiger partial charge on any atom is -0.00297 e. The average Bonchev–Trinajstić information content (AvgIpc) is 0.918. The highest BCUT2D eigenvalue weighted by molar-refractivity contribution is 7.59. The Morgan fingerprint density at radius 2 is 1.75 bits per heavy atom. The second kappa shape index (κ2) is 12.8. The van der Waals surface area contributed by atoms with Crippen LogP contribution in [-0.2, 0) is 0 Å². The van der Waals surface area contributed by atoms with Gasteiger partial charge in [0.05, 0.1) is 0 Å². The number of hydrogen-bond acceptors (Lipinski definition) is 0. The molecular weight excluding hydrogens is 68.1 g/mol. The Balaban J connectivity index is 0. The summed E-state index contributed by atoms with van der Waals surface area (Å²) in [6.07, 6.45) is 4.60. The fourth-order valence-corrected chi connectivity index (χ4v) is 0. The van der Waals surface area contributed by atoms with Crippen molar-refractivity contribution >= 4 is 13.5 Å². The van der Waals surface area contributed by atoms with Gasteiger partial charge in [-0.15, -0.1) is 12.3 Å². The Bertz CT molecular complexity index is 24.8. The van der Waals surface area contributed by atoms with E-state index >= 15 is 0 Å². The molecule has 0 fully saturated rings. The third-order valence-electron chi connectivity index (χ3n) is 0. The fraction of sp³-hybridized carbons (Fsp3) is 0.333. The molecule has 0 bridgehead atoms. The van der Waals surface area contributed by atoms with Crippen LogP contribution in [0.1, 0.15) is 6.92 Å². The summed E-state index contributed by atoms with van der Waals surface area (Å²) in [7, 11) is 0. The van der Waals surface area contributed by atoms with Gasteiger partial charge in [-0.2, -0.15) is 13.5 Å². The molecule has 0 aliphatic carbocycles. The van der Waals surface area contributed by atoms with Crippen LogP contribution < -0.4 is 0 Å². The first kappa shape index (κ1) is 9.08. The molecule has 0 saturated carbocycles. The molecule has 0 aromatic rings. The maximum absolute atomic E-state index is 4.60. The number of terminal acetylenes is 1. The van der Waals surface area contributed by atoms with Crippen molar-refractivity contribution in [2.75, 3.05) is 0 Å². The average molecular weight is 74.1 g/mol. The van der Waals surface area contributed by atoms with Crippen molar-refractivity contribution in [2.45, 2.75) is 6.92 Å². The zero-order valence-corrected chi connectivity index (χ0v) is 3.58. The molecular formula is C3H6S. The van der Waals surface area contributed by atoms with E-state index < -0.39 is 0 Å². The Kier molecular flexibility index (Phi) is 29.1. The fourth-order valence-electron chi connectivity index (χ4n) is 0. The molecule has 0 amide bonds. The maximum atomic E-state index is 4.60. The molecule has 4 heavy (non-hydrogen) atoms. The molecule has 0 aliphatic heterocycles. The number of hydrogen-bond donors (Lipinski definition) is 0. The standard InChI is InChI=1S/C3H4.H2S/c1-3-2;/h1H,2H3;1H2. The quantitative estimate of drug-likeness (QED) is 0.372. The van der Waals surface area contributed by atoms with Gasteiger partial charge >= 0.3 is 0 Å². The first-order valence-electron chi connectivity index (χ1n) is 0.789. The van der Waals surface area contributed by atoms with Gasteiger partial charge in [0.25, 0.3) is 0 Å². The van der Waals surface area contributed by atoms with Gasteiger partial charge in [-0.1, -0.05) is 0 Å². The van der Waals surface area contributed by atoms with Crippen molar-refractivity contribution in [1.29, 1.82) is 0 Å². The lowest BCUT2D eigenvalue weighted by molar-refractivity contribution is 1.94. The van der Waals surface area contributed by atoms with Crippen molar-refractivity contribution in [3.05, 3.63) is 0 Å². The van der Waals surface area contributed by atoms with E-state index in [1.807, 2.05) is 0 Å². The molecule has 0 aliphatic rings. The first-order chi connectivity index (χ1) is 1.41. The molecule has 0 N–H and O–H groups in total. The summed E-state index contributed by atoms with van der Waals surface area (Å²) < 4.78 is 0.